The third-order valence-corrected chi connectivity index (χ3v) is 4.29. The van der Waals surface area contributed by atoms with E-state index in [4.69, 9.17) is 4.98 Å². The highest BCUT2D eigenvalue weighted by molar-refractivity contribution is 6.06. The number of allylic oxidation sites excluding steroid dienone is 1. The summed E-state index contributed by atoms with van der Waals surface area (Å²) in [5.41, 5.74) is 4.67. The number of carbonyl (C=O) groups is 1. The van der Waals surface area contributed by atoms with Crippen molar-refractivity contribution in [1.82, 2.24) is 4.98 Å². The summed E-state index contributed by atoms with van der Waals surface area (Å²) in [6, 6.07) is 29.6. The van der Waals surface area contributed by atoms with Gasteiger partial charge < -0.3 is 0 Å². The normalized spacial score (nSPS) is 11.1. The quantitative estimate of drug-likeness (QED) is 0.348. The van der Waals surface area contributed by atoms with E-state index in [1.165, 1.54) is 0 Å². The number of carbonyl (C=O) groups excluding carboxylic acids is 1. The summed E-state index contributed by atoms with van der Waals surface area (Å²) >= 11 is 0. The largest absolute Gasteiger partial charge is 0.289 e. The molecule has 0 unspecified atom stereocenters. The second-order valence-corrected chi connectivity index (χ2v) is 6.07. The van der Waals surface area contributed by atoms with Crippen molar-refractivity contribution in [2.24, 2.45) is 0 Å². The first kappa shape index (κ1) is 16.0. The van der Waals surface area contributed by atoms with E-state index in [9.17, 15) is 4.79 Å². The van der Waals surface area contributed by atoms with Crippen molar-refractivity contribution >= 4 is 22.8 Å². The zero-order valence-electron chi connectivity index (χ0n) is 14.2. The number of rotatable bonds is 4. The number of pyridine rings is 1. The number of hydrogen-bond acceptors (Lipinski definition) is 2. The van der Waals surface area contributed by atoms with Gasteiger partial charge in [0.2, 0.25) is 0 Å². The molecule has 26 heavy (non-hydrogen) atoms. The fourth-order valence-electron chi connectivity index (χ4n) is 2.86. The molecule has 124 valence electrons. The second kappa shape index (κ2) is 7.16. The lowest BCUT2D eigenvalue weighted by molar-refractivity contribution is 0.104. The van der Waals surface area contributed by atoms with E-state index in [-0.39, 0.29) is 5.78 Å². The molecule has 0 N–H and O–H groups in total. The van der Waals surface area contributed by atoms with Crippen LogP contribution in [-0.2, 0) is 0 Å². The summed E-state index contributed by atoms with van der Waals surface area (Å²) in [6.07, 6.45) is 3.45. The molecular weight excluding hydrogens is 318 g/mol. The van der Waals surface area contributed by atoms with Crippen LogP contribution in [0.2, 0.25) is 0 Å². The van der Waals surface area contributed by atoms with E-state index in [0.717, 1.165) is 27.7 Å². The van der Waals surface area contributed by atoms with Crippen molar-refractivity contribution in [2.75, 3.05) is 0 Å². The molecule has 0 radical (unpaired) electrons. The predicted molar refractivity (Wildman–Crippen MR) is 107 cm³/mol. The summed E-state index contributed by atoms with van der Waals surface area (Å²) in [6.45, 7) is 0. The highest BCUT2D eigenvalue weighted by Crippen LogP contribution is 2.21. The summed E-state index contributed by atoms with van der Waals surface area (Å²) in [5.74, 6) is 0.00544. The van der Waals surface area contributed by atoms with E-state index in [0.29, 0.717) is 5.56 Å². The van der Waals surface area contributed by atoms with Crippen molar-refractivity contribution in [2.45, 2.75) is 0 Å². The van der Waals surface area contributed by atoms with Crippen molar-refractivity contribution in [3.63, 3.8) is 0 Å². The molecular formula is C24H17NO. The Morgan fingerprint density at radius 3 is 2.27 bits per heavy atom. The number of hydrogen-bond donors (Lipinski definition) is 0. The van der Waals surface area contributed by atoms with Gasteiger partial charge in [0, 0.05) is 16.5 Å². The fourth-order valence-corrected chi connectivity index (χ4v) is 2.86. The van der Waals surface area contributed by atoms with Crippen LogP contribution in [0.15, 0.2) is 97.1 Å². The first-order valence-corrected chi connectivity index (χ1v) is 8.53. The Morgan fingerprint density at radius 1 is 0.731 bits per heavy atom. The van der Waals surface area contributed by atoms with Gasteiger partial charge in [-0.2, -0.15) is 0 Å². The Morgan fingerprint density at radius 2 is 1.46 bits per heavy atom. The van der Waals surface area contributed by atoms with Crippen molar-refractivity contribution in [3.8, 4) is 11.3 Å². The van der Waals surface area contributed by atoms with E-state index in [2.05, 4.69) is 12.1 Å². The molecule has 0 saturated heterocycles. The van der Waals surface area contributed by atoms with Gasteiger partial charge in [-0.1, -0.05) is 84.9 Å². The third kappa shape index (κ3) is 3.45. The topological polar surface area (TPSA) is 30.0 Å². The highest BCUT2D eigenvalue weighted by Gasteiger charge is 2.02. The summed E-state index contributed by atoms with van der Waals surface area (Å²) in [5, 5.41) is 1.13. The van der Waals surface area contributed by atoms with Crippen LogP contribution in [0.25, 0.3) is 28.2 Å². The Labute approximate surface area is 152 Å². The van der Waals surface area contributed by atoms with Crippen molar-refractivity contribution in [1.29, 1.82) is 0 Å². The van der Waals surface area contributed by atoms with E-state index in [1.54, 1.807) is 6.08 Å². The molecule has 1 heterocycles. The molecule has 0 atom stereocenters. The minimum Gasteiger partial charge on any atom is -0.289 e. The third-order valence-electron chi connectivity index (χ3n) is 4.29. The molecule has 0 aliphatic rings. The smallest absolute Gasteiger partial charge is 0.185 e. The molecule has 0 amide bonds. The average Bonchev–Trinajstić information content (AvgIpc) is 2.72. The van der Waals surface area contributed by atoms with Gasteiger partial charge in [-0.25, -0.2) is 4.98 Å². The fraction of sp³-hybridized carbons (Fsp3) is 0. The molecule has 0 bridgehead atoms. The maximum absolute atomic E-state index is 12.1. The van der Waals surface area contributed by atoms with E-state index in [1.807, 2.05) is 84.9 Å². The van der Waals surface area contributed by atoms with Gasteiger partial charge in [-0.3, -0.25) is 4.79 Å². The monoisotopic (exact) mass is 335 g/mol. The SMILES string of the molecule is O=C(C=Cc1ccc(-c2ccc3ccccc3n2)cc1)c1ccccc1. The predicted octanol–water partition coefficient (Wildman–Crippen LogP) is 5.80. The molecule has 0 fully saturated rings. The Kier molecular flexibility index (Phi) is 4.40. The second-order valence-electron chi connectivity index (χ2n) is 6.07. The Balaban J connectivity index is 1.54. The zero-order chi connectivity index (χ0) is 17.8. The van der Waals surface area contributed by atoms with Crippen LogP contribution in [0.1, 0.15) is 15.9 Å². The summed E-state index contributed by atoms with van der Waals surface area (Å²) in [7, 11) is 0. The van der Waals surface area contributed by atoms with Crippen LogP contribution in [-0.4, -0.2) is 10.8 Å². The van der Waals surface area contributed by atoms with Gasteiger partial charge in [-0.05, 0) is 23.8 Å². The van der Waals surface area contributed by atoms with Crippen LogP contribution in [0.3, 0.4) is 0 Å². The van der Waals surface area contributed by atoms with Crippen LogP contribution < -0.4 is 0 Å². The van der Waals surface area contributed by atoms with Gasteiger partial charge in [0.1, 0.15) is 0 Å². The maximum Gasteiger partial charge on any atom is 0.185 e. The molecule has 0 aliphatic heterocycles. The molecule has 4 aromatic rings. The molecule has 0 spiro atoms. The standard InChI is InChI=1S/C24H17NO/c26-24(21-7-2-1-3-8-21)17-12-18-10-13-20(14-11-18)23-16-15-19-6-4-5-9-22(19)25-23/h1-17H. The number of benzene rings is 3. The molecule has 2 nitrogen and oxygen atoms in total. The molecule has 2 heteroatoms. The van der Waals surface area contributed by atoms with Gasteiger partial charge in [-0.15, -0.1) is 0 Å². The number of ketones is 1. The summed E-state index contributed by atoms with van der Waals surface area (Å²) in [4.78, 5) is 16.9. The van der Waals surface area contributed by atoms with Gasteiger partial charge in [0.15, 0.2) is 5.78 Å². The van der Waals surface area contributed by atoms with Crippen LogP contribution >= 0.6 is 0 Å². The lowest BCUT2D eigenvalue weighted by atomic mass is 10.1. The maximum atomic E-state index is 12.1. The van der Waals surface area contributed by atoms with Gasteiger partial charge in [0.05, 0.1) is 11.2 Å². The Bertz CT molecular complexity index is 1080. The average molecular weight is 335 g/mol. The van der Waals surface area contributed by atoms with Crippen LogP contribution in [0.4, 0.5) is 0 Å². The number of aromatic nitrogens is 1. The van der Waals surface area contributed by atoms with Crippen LogP contribution in [0.5, 0.6) is 0 Å². The zero-order valence-corrected chi connectivity index (χ0v) is 14.2. The lowest BCUT2D eigenvalue weighted by Crippen LogP contribution is -1.92. The lowest BCUT2D eigenvalue weighted by Gasteiger charge is -2.04. The minimum absolute atomic E-state index is 0.00544. The highest BCUT2D eigenvalue weighted by atomic mass is 16.1. The van der Waals surface area contributed by atoms with Gasteiger partial charge in [0.25, 0.3) is 0 Å². The number of nitrogens with zero attached hydrogens (tertiary/aromatic N) is 1. The minimum atomic E-state index is 0.00544. The Hall–Kier alpha value is -3.52. The first-order chi connectivity index (χ1) is 12.8. The van der Waals surface area contributed by atoms with E-state index >= 15 is 0 Å². The molecule has 4 rings (SSSR count). The van der Waals surface area contributed by atoms with Crippen LogP contribution in [0, 0.1) is 0 Å². The van der Waals surface area contributed by atoms with Gasteiger partial charge >= 0.3 is 0 Å². The first-order valence-electron chi connectivity index (χ1n) is 8.53. The molecule has 0 saturated carbocycles. The van der Waals surface area contributed by atoms with Crippen molar-refractivity contribution in [3.05, 3.63) is 108 Å². The number of fused-ring (bicyclic) bond motifs is 1. The van der Waals surface area contributed by atoms with Crippen molar-refractivity contribution < 1.29 is 4.79 Å². The molecule has 1 aromatic heterocycles. The summed E-state index contributed by atoms with van der Waals surface area (Å²) < 4.78 is 0. The molecule has 3 aromatic carbocycles. The van der Waals surface area contributed by atoms with E-state index < -0.39 is 0 Å². The molecule has 0 aliphatic carbocycles. The number of para-hydroxylation sites is 1.